The molecule has 0 rings (SSSR count). The Kier molecular flexibility index (Phi) is 202. The van der Waals surface area contributed by atoms with E-state index in [9.17, 15) is 0 Å². The maximum Gasteiger partial charge on any atom is 3.00 e. The van der Waals surface area contributed by atoms with Gasteiger partial charge in [-0.1, -0.05) is 0 Å². The molecule has 0 saturated heterocycles. The summed E-state index contributed by atoms with van der Waals surface area (Å²) in [5, 5.41) is 8.89. The summed E-state index contributed by atoms with van der Waals surface area (Å²) in [7, 11) is 0. The molecule has 0 spiro atoms. The molecule has 57 valence electrons. The molecule has 4 N–H and O–H groups in total. The van der Waals surface area contributed by atoms with Gasteiger partial charge in [-0.3, -0.25) is 0 Å². The van der Waals surface area contributed by atoms with Crippen molar-refractivity contribution in [1.29, 1.82) is 0 Å². The molecule has 1 radical (unpaired) electrons. The van der Waals surface area contributed by atoms with Crippen molar-refractivity contribution in [3.63, 3.8) is 0 Å². The Bertz CT molecular complexity index is 42.8. The van der Waals surface area contributed by atoms with Crippen LogP contribution in [0.5, 0.6) is 0 Å². The van der Waals surface area contributed by atoms with Gasteiger partial charge in [0.05, 0.1) is 0 Å². The second-order valence-electron chi connectivity index (χ2n) is 0.492. The topological polar surface area (TPSA) is 76.6 Å². The summed E-state index contributed by atoms with van der Waals surface area (Å²) >= 11 is 0. The zero-order valence-electron chi connectivity index (χ0n) is 4.95. The molecule has 0 aliphatic carbocycles. The van der Waals surface area contributed by atoms with Crippen molar-refractivity contribution in [1.82, 2.24) is 6.15 Å². The Morgan fingerprint density at radius 2 is 1.22 bits per heavy atom. The van der Waals surface area contributed by atoms with Crippen molar-refractivity contribution in [3.8, 4) is 0 Å². The van der Waals surface area contributed by atoms with Crippen LogP contribution in [-0.2, 0) is 26.5 Å². The molecule has 0 aromatic heterocycles. The van der Waals surface area contributed by atoms with Gasteiger partial charge >= 0.3 is 21.7 Å². The standard InChI is InChI=1S/C2H4O2.3ClH.H3N.Ti/c1-2(3)4;;;;;/h1H3,(H,3,4);3*1H;1H3;/q;;;;;+3/p-3. The first-order valence-electron chi connectivity index (χ1n) is 0.908. The van der Waals surface area contributed by atoms with Crippen LogP contribution in [-0.4, -0.2) is 5.97 Å². The SMILES string of the molecule is CC(=O)[O-].[Cl-].[Cl-].[Cl-].[NH4+].[Ti+3]. The van der Waals surface area contributed by atoms with Gasteiger partial charge < -0.3 is 53.3 Å². The van der Waals surface area contributed by atoms with Gasteiger partial charge in [-0.2, -0.15) is 0 Å². The molecule has 0 bridgehead atoms. The van der Waals surface area contributed by atoms with E-state index in [1.54, 1.807) is 0 Å². The first kappa shape index (κ1) is 50.5. The van der Waals surface area contributed by atoms with Gasteiger partial charge in [-0.05, 0) is 6.92 Å². The summed E-state index contributed by atoms with van der Waals surface area (Å²) in [6, 6.07) is 0. The van der Waals surface area contributed by atoms with Gasteiger partial charge in [0.25, 0.3) is 0 Å². The number of carboxylic acid groups (broad SMARTS) is 1. The second kappa shape index (κ2) is 35.9. The number of rotatable bonds is 0. The van der Waals surface area contributed by atoms with Crippen molar-refractivity contribution >= 4 is 5.97 Å². The molecule has 0 aliphatic rings. The zero-order chi connectivity index (χ0) is 3.58. The third-order valence-corrected chi connectivity index (χ3v) is 0. The molecule has 0 aromatic carbocycles. The van der Waals surface area contributed by atoms with E-state index in [-0.39, 0.29) is 65.1 Å². The fourth-order valence-corrected chi connectivity index (χ4v) is 0. The molecule has 0 aromatic rings. The average molecular weight is 231 g/mol. The van der Waals surface area contributed by atoms with Gasteiger partial charge in [0.15, 0.2) is 0 Å². The molecule has 0 atom stereocenters. The molecule has 0 amide bonds. The molecule has 0 saturated carbocycles. The van der Waals surface area contributed by atoms with E-state index in [0.29, 0.717) is 0 Å². The maximum atomic E-state index is 8.89. The van der Waals surface area contributed by atoms with Crippen LogP contribution in [0.2, 0.25) is 0 Å². The summed E-state index contributed by atoms with van der Waals surface area (Å²) in [6.45, 7) is 0.972. The van der Waals surface area contributed by atoms with E-state index in [1.165, 1.54) is 0 Å². The van der Waals surface area contributed by atoms with Gasteiger partial charge in [0, 0.05) is 5.97 Å². The Morgan fingerprint density at radius 1 is 1.22 bits per heavy atom. The van der Waals surface area contributed by atoms with Crippen LogP contribution >= 0.6 is 0 Å². The number of hydrogen-bond acceptors (Lipinski definition) is 2. The van der Waals surface area contributed by atoms with Crippen molar-refractivity contribution in [2.24, 2.45) is 0 Å². The van der Waals surface area contributed by atoms with E-state index in [2.05, 4.69) is 0 Å². The minimum atomic E-state index is -1.08. The van der Waals surface area contributed by atoms with Crippen molar-refractivity contribution < 1.29 is 68.8 Å². The average Bonchev–Trinajstić information content (AvgIpc) is 0.811. The van der Waals surface area contributed by atoms with E-state index in [0.717, 1.165) is 6.92 Å². The molecule has 9 heavy (non-hydrogen) atoms. The van der Waals surface area contributed by atoms with E-state index < -0.39 is 5.97 Å². The first-order valence-corrected chi connectivity index (χ1v) is 0.908. The first-order chi connectivity index (χ1) is 1.73. The normalized spacial score (nSPS) is 2.78. The van der Waals surface area contributed by atoms with Crippen LogP contribution in [0.15, 0.2) is 0 Å². The van der Waals surface area contributed by atoms with Crippen LogP contribution in [0.3, 0.4) is 0 Å². The fourth-order valence-electron chi connectivity index (χ4n) is 0. The maximum absolute atomic E-state index is 8.89. The molecular formula is C2H7Cl3NO2Ti. The van der Waals surface area contributed by atoms with Gasteiger partial charge in [-0.15, -0.1) is 0 Å². The number of halogens is 3. The van der Waals surface area contributed by atoms with Crippen LogP contribution in [0.4, 0.5) is 0 Å². The second-order valence-corrected chi connectivity index (χ2v) is 0.492. The Morgan fingerprint density at radius 3 is 1.22 bits per heavy atom. The van der Waals surface area contributed by atoms with Gasteiger partial charge in [0.1, 0.15) is 0 Å². The molecule has 3 nitrogen and oxygen atoms in total. The summed E-state index contributed by atoms with van der Waals surface area (Å²) in [5.74, 6) is -1.08. The van der Waals surface area contributed by atoms with Gasteiger partial charge in [-0.25, -0.2) is 0 Å². The number of quaternary nitrogens is 1. The Hall–Kier alpha value is 1.01. The third-order valence-electron chi connectivity index (χ3n) is 0. The smallest absolute Gasteiger partial charge is 1.00 e. The van der Waals surface area contributed by atoms with E-state index >= 15 is 0 Å². The summed E-state index contributed by atoms with van der Waals surface area (Å²) in [6.07, 6.45) is 0. The van der Waals surface area contributed by atoms with Crippen LogP contribution < -0.4 is 48.5 Å². The molecule has 0 unspecified atom stereocenters. The fraction of sp³-hybridized carbons (Fsp3) is 0.500. The third kappa shape index (κ3) is 431. The summed E-state index contributed by atoms with van der Waals surface area (Å²) in [5.41, 5.74) is 0. The number of carbonyl (C=O) groups is 1. The Balaban J connectivity index is -0.00000000450. The Labute approximate surface area is 87.7 Å². The minimum absolute atomic E-state index is 0. The minimum Gasteiger partial charge on any atom is -1.00 e. The number of carboxylic acids is 1. The monoisotopic (exact) mass is 230 g/mol. The number of carbonyl (C=O) groups excluding carboxylic acids is 1. The van der Waals surface area contributed by atoms with E-state index in [1.807, 2.05) is 0 Å². The van der Waals surface area contributed by atoms with Crippen molar-refractivity contribution in [2.75, 3.05) is 0 Å². The predicted molar refractivity (Wildman–Crippen MR) is 16.7 cm³/mol. The molecule has 0 fully saturated rings. The van der Waals surface area contributed by atoms with Crippen LogP contribution in [0, 0.1) is 0 Å². The molecular weight excluding hydrogens is 224 g/mol. The molecule has 0 heterocycles. The molecule has 0 aliphatic heterocycles. The van der Waals surface area contributed by atoms with Crippen molar-refractivity contribution in [2.45, 2.75) is 6.92 Å². The van der Waals surface area contributed by atoms with Crippen LogP contribution in [0.25, 0.3) is 0 Å². The quantitative estimate of drug-likeness (QED) is 0.420. The number of aliphatic carboxylic acids is 1. The van der Waals surface area contributed by atoms with Crippen molar-refractivity contribution in [3.05, 3.63) is 0 Å². The summed E-state index contributed by atoms with van der Waals surface area (Å²) in [4.78, 5) is 8.89. The number of hydrogen-bond donors (Lipinski definition) is 1. The summed E-state index contributed by atoms with van der Waals surface area (Å²) < 4.78 is 0. The molecule has 7 heteroatoms. The largest absolute Gasteiger partial charge is 3.00 e. The predicted octanol–water partition coefficient (Wildman–Crippen LogP) is -9.86. The van der Waals surface area contributed by atoms with Gasteiger partial charge in [0.2, 0.25) is 0 Å². The van der Waals surface area contributed by atoms with Crippen LogP contribution in [0.1, 0.15) is 6.92 Å². The van der Waals surface area contributed by atoms with E-state index in [4.69, 9.17) is 9.90 Å². The zero-order valence-corrected chi connectivity index (χ0v) is 8.78.